The van der Waals surface area contributed by atoms with E-state index in [-0.39, 0.29) is 33.0 Å². The molecular weight excluding hydrogens is 316 g/mol. The number of hydrogen-bond donors (Lipinski definition) is 4. The molecule has 3 atom stereocenters. The monoisotopic (exact) mass is 352 g/mol. The van der Waals surface area contributed by atoms with Gasteiger partial charge >= 0.3 is 0 Å². The Kier molecular flexibility index (Phi) is 14.8. The lowest BCUT2D eigenvalue weighted by molar-refractivity contribution is -0.224. The molecule has 0 fully saturated rings. The van der Waals surface area contributed by atoms with Crippen LogP contribution in [0.15, 0.2) is 0 Å². The summed E-state index contributed by atoms with van der Waals surface area (Å²) in [5.74, 6) is -1.38. The van der Waals surface area contributed by atoms with E-state index < -0.39 is 18.0 Å². The molecule has 0 aromatic heterocycles. The normalized spacial score (nSPS) is 16.8. The van der Waals surface area contributed by atoms with E-state index in [1.54, 1.807) is 0 Å². The number of aliphatic hydroxyl groups is 4. The average molecular weight is 352 g/mol. The predicted molar refractivity (Wildman–Crippen MR) is 90.7 cm³/mol. The fraction of sp³-hybridized carbons (Fsp3) is 1.00. The Morgan fingerprint density at radius 2 is 1.46 bits per heavy atom. The Labute approximate surface area is 145 Å². The number of unbranched alkanes of at least 4 members (excludes halogenated alkanes) is 5. The molecule has 7 heteroatoms. The summed E-state index contributed by atoms with van der Waals surface area (Å²) in [6.07, 6.45) is 5.09. The molecule has 0 aromatic rings. The number of aliphatic hydroxyl groups excluding tert-OH is 3. The highest BCUT2D eigenvalue weighted by Crippen LogP contribution is 2.10. The van der Waals surface area contributed by atoms with Gasteiger partial charge in [-0.05, 0) is 13.3 Å². The molecule has 7 nitrogen and oxygen atoms in total. The van der Waals surface area contributed by atoms with Gasteiger partial charge in [0.15, 0.2) is 5.79 Å². The van der Waals surface area contributed by atoms with Crippen molar-refractivity contribution in [2.75, 3.05) is 39.6 Å². The van der Waals surface area contributed by atoms with Crippen LogP contribution in [0.3, 0.4) is 0 Å². The van der Waals surface area contributed by atoms with Gasteiger partial charge in [0.1, 0.15) is 18.8 Å². The molecule has 0 aliphatic carbocycles. The lowest BCUT2D eigenvalue weighted by Crippen LogP contribution is -2.36. The third-order valence-corrected chi connectivity index (χ3v) is 3.42. The smallest absolute Gasteiger partial charge is 0.186 e. The maximum absolute atomic E-state index is 10.0. The van der Waals surface area contributed by atoms with Crippen molar-refractivity contribution >= 4 is 0 Å². The Morgan fingerprint density at radius 1 is 0.875 bits per heavy atom. The standard InChI is InChI=1S/C17H36O7/c1-3-4-5-6-7-8-9-24-17(2,21)14-23-13-16(20)12-22-11-15(19)10-18/h15-16,18-21H,3-14H2,1-2H3. The van der Waals surface area contributed by atoms with E-state index in [1.165, 1.54) is 32.6 Å². The van der Waals surface area contributed by atoms with Crippen molar-refractivity contribution in [2.24, 2.45) is 0 Å². The van der Waals surface area contributed by atoms with Crippen molar-refractivity contribution in [1.29, 1.82) is 0 Å². The van der Waals surface area contributed by atoms with Crippen molar-refractivity contribution in [3.8, 4) is 0 Å². The fourth-order valence-corrected chi connectivity index (χ4v) is 2.04. The zero-order valence-corrected chi connectivity index (χ0v) is 15.2. The van der Waals surface area contributed by atoms with E-state index in [9.17, 15) is 10.2 Å². The van der Waals surface area contributed by atoms with Gasteiger partial charge in [-0.1, -0.05) is 39.0 Å². The summed E-state index contributed by atoms with van der Waals surface area (Å²) in [4.78, 5) is 0. The molecule has 0 saturated heterocycles. The topological polar surface area (TPSA) is 109 Å². The molecule has 0 aromatic carbocycles. The molecule has 0 heterocycles. The molecule has 3 unspecified atom stereocenters. The van der Waals surface area contributed by atoms with Crippen molar-refractivity contribution in [3.63, 3.8) is 0 Å². The van der Waals surface area contributed by atoms with E-state index in [1.807, 2.05) is 0 Å². The third-order valence-electron chi connectivity index (χ3n) is 3.42. The second-order valence-electron chi connectivity index (χ2n) is 6.33. The van der Waals surface area contributed by atoms with E-state index in [0.717, 1.165) is 12.8 Å². The molecule has 0 spiro atoms. The van der Waals surface area contributed by atoms with E-state index in [0.29, 0.717) is 6.61 Å². The minimum Gasteiger partial charge on any atom is -0.394 e. The fourth-order valence-electron chi connectivity index (χ4n) is 2.04. The summed E-state index contributed by atoms with van der Waals surface area (Å²) in [5, 5.41) is 37.4. The molecule has 0 bridgehead atoms. The maximum atomic E-state index is 10.0. The molecule has 0 aliphatic heterocycles. The van der Waals surface area contributed by atoms with Crippen molar-refractivity contribution < 1.29 is 34.6 Å². The number of rotatable bonds is 17. The molecule has 0 radical (unpaired) electrons. The zero-order valence-electron chi connectivity index (χ0n) is 15.2. The van der Waals surface area contributed by atoms with Gasteiger partial charge in [-0.15, -0.1) is 0 Å². The van der Waals surface area contributed by atoms with Gasteiger partial charge in [-0.25, -0.2) is 0 Å². The molecule has 0 amide bonds. The first-order valence-corrected chi connectivity index (χ1v) is 8.90. The third kappa shape index (κ3) is 15.3. The lowest BCUT2D eigenvalue weighted by Gasteiger charge is -2.24. The highest BCUT2D eigenvalue weighted by atomic mass is 16.6. The Bertz CT molecular complexity index is 274. The molecule has 0 saturated carbocycles. The van der Waals surface area contributed by atoms with Crippen LogP contribution in [0.25, 0.3) is 0 Å². The lowest BCUT2D eigenvalue weighted by atomic mass is 10.1. The van der Waals surface area contributed by atoms with Gasteiger partial charge in [-0.3, -0.25) is 0 Å². The van der Waals surface area contributed by atoms with Crippen LogP contribution in [0.5, 0.6) is 0 Å². The minimum atomic E-state index is -1.38. The molecule has 24 heavy (non-hydrogen) atoms. The maximum Gasteiger partial charge on any atom is 0.186 e. The Balaban J connectivity index is 3.58. The van der Waals surface area contributed by atoms with Gasteiger partial charge in [0.05, 0.1) is 33.0 Å². The first-order chi connectivity index (χ1) is 11.4. The van der Waals surface area contributed by atoms with Crippen LogP contribution in [0.4, 0.5) is 0 Å². The van der Waals surface area contributed by atoms with Crippen LogP contribution in [0.2, 0.25) is 0 Å². The van der Waals surface area contributed by atoms with Gasteiger partial charge in [0.25, 0.3) is 0 Å². The Hall–Kier alpha value is -0.280. The quantitative estimate of drug-likeness (QED) is 0.227. The summed E-state index contributed by atoms with van der Waals surface area (Å²) in [7, 11) is 0. The number of ether oxygens (including phenoxy) is 3. The van der Waals surface area contributed by atoms with Crippen molar-refractivity contribution in [1.82, 2.24) is 0 Å². The van der Waals surface area contributed by atoms with E-state index >= 15 is 0 Å². The zero-order chi connectivity index (χ0) is 18.3. The number of hydrogen-bond acceptors (Lipinski definition) is 7. The predicted octanol–water partition coefficient (Wildman–Crippen LogP) is 0.819. The van der Waals surface area contributed by atoms with E-state index in [4.69, 9.17) is 24.4 Å². The van der Waals surface area contributed by atoms with E-state index in [2.05, 4.69) is 6.92 Å². The highest BCUT2D eigenvalue weighted by molar-refractivity contribution is 4.60. The highest BCUT2D eigenvalue weighted by Gasteiger charge is 2.21. The van der Waals surface area contributed by atoms with Crippen LogP contribution in [-0.4, -0.2) is 78.1 Å². The van der Waals surface area contributed by atoms with Crippen molar-refractivity contribution in [3.05, 3.63) is 0 Å². The van der Waals surface area contributed by atoms with Crippen LogP contribution in [0, 0.1) is 0 Å². The molecule has 146 valence electrons. The Morgan fingerprint density at radius 3 is 2.12 bits per heavy atom. The largest absolute Gasteiger partial charge is 0.394 e. The molecule has 0 aliphatic rings. The van der Waals surface area contributed by atoms with Crippen LogP contribution >= 0.6 is 0 Å². The summed E-state index contributed by atoms with van der Waals surface area (Å²) in [5.41, 5.74) is 0. The first-order valence-electron chi connectivity index (χ1n) is 8.90. The summed E-state index contributed by atoms with van der Waals surface area (Å²) < 4.78 is 15.7. The average Bonchev–Trinajstić information content (AvgIpc) is 2.53. The summed E-state index contributed by atoms with van der Waals surface area (Å²) >= 11 is 0. The van der Waals surface area contributed by atoms with Gasteiger partial charge < -0.3 is 34.6 Å². The van der Waals surface area contributed by atoms with Crippen LogP contribution in [-0.2, 0) is 14.2 Å². The SMILES string of the molecule is CCCCCCCCOC(C)(O)COCC(O)COCC(O)CO. The second kappa shape index (κ2) is 15.0. The molecule has 0 rings (SSSR count). The van der Waals surface area contributed by atoms with Gasteiger partial charge in [0, 0.05) is 0 Å². The second-order valence-corrected chi connectivity index (χ2v) is 6.33. The first kappa shape index (κ1) is 23.7. The van der Waals surface area contributed by atoms with Gasteiger partial charge in [0.2, 0.25) is 0 Å². The van der Waals surface area contributed by atoms with Crippen LogP contribution in [0.1, 0.15) is 52.4 Å². The molecular formula is C17H36O7. The minimum absolute atomic E-state index is 0.00819. The summed E-state index contributed by atoms with van der Waals surface area (Å²) in [6.45, 7) is 3.69. The summed E-state index contributed by atoms with van der Waals surface area (Å²) in [6, 6.07) is 0. The molecule has 4 N–H and O–H groups in total. The van der Waals surface area contributed by atoms with Gasteiger partial charge in [-0.2, -0.15) is 0 Å². The van der Waals surface area contributed by atoms with Crippen LogP contribution < -0.4 is 0 Å². The van der Waals surface area contributed by atoms with Crippen molar-refractivity contribution in [2.45, 2.75) is 70.4 Å².